The molecule has 0 saturated heterocycles. The van der Waals surface area contributed by atoms with Gasteiger partial charge in [0.1, 0.15) is 0 Å². The molecule has 0 bridgehead atoms. The molecule has 0 aliphatic heterocycles. The van der Waals surface area contributed by atoms with Crippen LogP contribution in [0.4, 0.5) is 0 Å². The second-order valence-electron chi connectivity index (χ2n) is 9.68. The van der Waals surface area contributed by atoms with Gasteiger partial charge in [0.25, 0.3) is 11.8 Å². The maximum Gasteiger partial charge on any atom is 0.255 e. The van der Waals surface area contributed by atoms with Crippen LogP contribution in [0.5, 0.6) is 23.0 Å². The zero-order chi connectivity index (χ0) is 28.4. The number of phenolic OH excluding ortho intramolecular Hbond substituents is 4. The number of para-hydroxylation sites is 2. The molecule has 1 aliphatic rings. The number of amides is 3. The van der Waals surface area contributed by atoms with Crippen molar-refractivity contribution in [3.05, 3.63) is 58.7 Å². The second-order valence-corrected chi connectivity index (χ2v) is 9.68. The largest absolute Gasteiger partial charge is 0.504 e. The lowest BCUT2D eigenvalue weighted by Gasteiger charge is -2.23. The molecule has 1 aliphatic carbocycles. The number of unbranched alkanes of at least 4 members (excludes halogenated alkanes) is 1. The van der Waals surface area contributed by atoms with E-state index < -0.39 is 23.3 Å². The molecule has 0 heterocycles. The van der Waals surface area contributed by atoms with E-state index >= 15 is 0 Å². The Kier molecular flexibility index (Phi) is 10.6. The van der Waals surface area contributed by atoms with Gasteiger partial charge in [0.05, 0.1) is 11.1 Å². The Morgan fingerprint density at radius 3 is 1.79 bits per heavy atom. The first-order valence-electron chi connectivity index (χ1n) is 13.2. The fraction of sp³-hybridized carbons (Fsp3) is 0.414. The lowest BCUT2D eigenvalue weighted by atomic mass is 10.1. The molecule has 10 heteroatoms. The lowest BCUT2D eigenvalue weighted by Crippen LogP contribution is -2.35. The van der Waals surface area contributed by atoms with E-state index in [0.29, 0.717) is 45.3 Å². The van der Waals surface area contributed by atoms with Gasteiger partial charge in [-0.3, -0.25) is 14.4 Å². The van der Waals surface area contributed by atoms with Crippen molar-refractivity contribution >= 4 is 17.7 Å². The molecule has 0 aromatic heterocycles. The van der Waals surface area contributed by atoms with Crippen molar-refractivity contribution in [2.45, 2.75) is 51.9 Å². The molecule has 10 nitrogen and oxygen atoms in total. The number of nitrogens with one attached hydrogen (secondary N) is 2. The number of allylic oxidation sites excluding steroid dienone is 2. The van der Waals surface area contributed by atoms with E-state index in [9.17, 15) is 34.8 Å². The average Bonchev–Trinajstić information content (AvgIpc) is 3.76. The standard InChI is InChI=1S/C29H37N3O7/c1-19(20-12-13-20)11-14-25(35)32(18-6-16-31-29(39)22-8-5-10-24(34)27(22)37)17-3-2-15-30-28(38)21-7-4-9-23(33)26(21)36/h4-5,7-10,33-34,36-37H,2-3,6,11-18H2,1H3,(H,30,38)(H,31,39). The van der Waals surface area contributed by atoms with Crippen LogP contribution in [-0.4, -0.2) is 69.2 Å². The summed E-state index contributed by atoms with van der Waals surface area (Å²) in [4.78, 5) is 39.4. The normalized spacial score (nSPS) is 12.1. The smallest absolute Gasteiger partial charge is 0.255 e. The van der Waals surface area contributed by atoms with Crippen LogP contribution >= 0.6 is 0 Å². The van der Waals surface area contributed by atoms with E-state index in [0.717, 1.165) is 19.3 Å². The SMILES string of the molecule is CC(CCC(=O)N(CCCCNC(=O)c1cccc(O)c1O)CCCNC(=O)c1cccc(O)c1O)=C1CC1. The summed E-state index contributed by atoms with van der Waals surface area (Å²) in [5.41, 5.74) is 2.68. The minimum Gasteiger partial charge on any atom is -0.504 e. The minimum absolute atomic E-state index is 0.00645. The topological polar surface area (TPSA) is 159 Å². The number of nitrogens with zero attached hydrogens (tertiary/aromatic N) is 1. The number of rotatable bonds is 14. The molecule has 3 rings (SSSR count). The highest BCUT2D eigenvalue weighted by atomic mass is 16.3. The third kappa shape index (κ3) is 8.66. The van der Waals surface area contributed by atoms with Crippen LogP contribution in [0.2, 0.25) is 0 Å². The maximum atomic E-state index is 13.0. The van der Waals surface area contributed by atoms with E-state index in [-0.39, 0.29) is 35.1 Å². The van der Waals surface area contributed by atoms with Gasteiger partial charge in [-0.15, -0.1) is 0 Å². The lowest BCUT2D eigenvalue weighted by molar-refractivity contribution is -0.131. The van der Waals surface area contributed by atoms with E-state index in [1.54, 1.807) is 4.90 Å². The van der Waals surface area contributed by atoms with Crippen molar-refractivity contribution in [3.63, 3.8) is 0 Å². The summed E-state index contributed by atoms with van der Waals surface area (Å²) >= 11 is 0. The predicted molar refractivity (Wildman–Crippen MR) is 146 cm³/mol. The molecular weight excluding hydrogens is 502 g/mol. The van der Waals surface area contributed by atoms with E-state index in [2.05, 4.69) is 17.6 Å². The van der Waals surface area contributed by atoms with Crippen LogP contribution < -0.4 is 10.6 Å². The van der Waals surface area contributed by atoms with Gasteiger partial charge >= 0.3 is 0 Å². The molecule has 2 aromatic carbocycles. The number of benzene rings is 2. The molecule has 0 spiro atoms. The van der Waals surface area contributed by atoms with Crippen molar-refractivity contribution in [2.24, 2.45) is 0 Å². The summed E-state index contributed by atoms with van der Waals surface area (Å²) in [7, 11) is 0. The molecule has 0 unspecified atom stereocenters. The summed E-state index contributed by atoms with van der Waals surface area (Å²) in [5, 5.41) is 44.3. The second kappa shape index (κ2) is 14.1. The maximum absolute atomic E-state index is 13.0. The molecule has 0 radical (unpaired) electrons. The number of phenols is 4. The summed E-state index contributed by atoms with van der Waals surface area (Å²) in [6, 6.07) is 8.36. The Morgan fingerprint density at radius 1 is 0.744 bits per heavy atom. The quantitative estimate of drug-likeness (QED) is 0.122. The Bertz CT molecular complexity index is 1220. The Morgan fingerprint density at radius 2 is 1.26 bits per heavy atom. The molecule has 210 valence electrons. The van der Waals surface area contributed by atoms with Crippen molar-refractivity contribution in [3.8, 4) is 23.0 Å². The highest BCUT2D eigenvalue weighted by Gasteiger charge is 2.19. The molecule has 6 N–H and O–H groups in total. The third-order valence-electron chi connectivity index (χ3n) is 6.72. The monoisotopic (exact) mass is 539 g/mol. The fourth-order valence-electron chi connectivity index (χ4n) is 4.20. The number of hydrogen-bond donors (Lipinski definition) is 6. The van der Waals surface area contributed by atoms with E-state index in [1.165, 1.54) is 47.5 Å². The molecule has 0 atom stereocenters. The van der Waals surface area contributed by atoms with Gasteiger partial charge in [0.2, 0.25) is 5.91 Å². The van der Waals surface area contributed by atoms with Crippen molar-refractivity contribution in [1.29, 1.82) is 0 Å². The highest BCUT2D eigenvalue weighted by molar-refractivity contribution is 5.98. The van der Waals surface area contributed by atoms with Crippen LogP contribution in [0.15, 0.2) is 47.5 Å². The molecular formula is C29H37N3O7. The summed E-state index contributed by atoms with van der Waals surface area (Å²) in [6.45, 7) is 3.61. The van der Waals surface area contributed by atoms with Crippen molar-refractivity contribution < 1.29 is 34.8 Å². The van der Waals surface area contributed by atoms with Crippen LogP contribution in [0, 0.1) is 0 Å². The first-order valence-corrected chi connectivity index (χ1v) is 13.2. The van der Waals surface area contributed by atoms with Gasteiger partial charge in [-0.2, -0.15) is 0 Å². The van der Waals surface area contributed by atoms with Gasteiger partial charge < -0.3 is 36.0 Å². The summed E-state index contributed by atoms with van der Waals surface area (Å²) in [5.74, 6) is -2.64. The zero-order valence-corrected chi connectivity index (χ0v) is 22.2. The number of carbonyl (C=O) groups is 3. The van der Waals surface area contributed by atoms with Crippen LogP contribution in [0.1, 0.15) is 72.6 Å². The van der Waals surface area contributed by atoms with Gasteiger partial charge in [0, 0.05) is 32.6 Å². The Balaban J connectivity index is 1.46. The van der Waals surface area contributed by atoms with E-state index in [1.807, 2.05) is 0 Å². The first-order chi connectivity index (χ1) is 18.7. The molecule has 1 fully saturated rings. The van der Waals surface area contributed by atoms with Gasteiger partial charge in [0.15, 0.2) is 23.0 Å². The third-order valence-corrected chi connectivity index (χ3v) is 6.72. The van der Waals surface area contributed by atoms with Crippen LogP contribution in [-0.2, 0) is 4.79 Å². The van der Waals surface area contributed by atoms with Crippen LogP contribution in [0.25, 0.3) is 0 Å². The Hall–Kier alpha value is -4.21. The number of carbonyl (C=O) groups excluding carboxylic acids is 3. The highest BCUT2D eigenvalue weighted by Crippen LogP contribution is 2.33. The predicted octanol–water partition coefficient (Wildman–Crippen LogP) is 3.56. The van der Waals surface area contributed by atoms with Crippen LogP contribution in [0.3, 0.4) is 0 Å². The van der Waals surface area contributed by atoms with Gasteiger partial charge in [-0.05, 0) is 69.7 Å². The fourth-order valence-corrected chi connectivity index (χ4v) is 4.20. The Labute approximate surface area is 228 Å². The van der Waals surface area contributed by atoms with Crippen molar-refractivity contribution in [1.82, 2.24) is 15.5 Å². The first kappa shape index (κ1) is 29.3. The number of aromatic hydroxyl groups is 4. The van der Waals surface area contributed by atoms with Gasteiger partial charge in [-0.1, -0.05) is 23.3 Å². The zero-order valence-electron chi connectivity index (χ0n) is 22.2. The molecule has 1 saturated carbocycles. The molecule has 39 heavy (non-hydrogen) atoms. The minimum atomic E-state index is -0.513. The van der Waals surface area contributed by atoms with E-state index in [4.69, 9.17) is 0 Å². The van der Waals surface area contributed by atoms with Gasteiger partial charge in [-0.25, -0.2) is 0 Å². The number of hydrogen-bond acceptors (Lipinski definition) is 7. The average molecular weight is 540 g/mol. The summed E-state index contributed by atoms with van der Waals surface area (Å²) in [6.07, 6.45) is 5.11. The summed E-state index contributed by atoms with van der Waals surface area (Å²) < 4.78 is 0. The molecule has 3 amide bonds. The van der Waals surface area contributed by atoms with Crippen molar-refractivity contribution in [2.75, 3.05) is 26.2 Å². The molecule has 2 aromatic rings.